The third-order valence-electron chi connectivity index (χ3n) is 5.94. The van der Waals surface area contributed by atoms with Gasteiger partial charge in [-0.1, -0.05) is 53.7 Å². The summed E-state index contributed by atoms with van der Waals surface area (Å²) in [6.45, 7) is 15.4. The van der Waals surface area contributed by atoms with Crippen molar-refractivity contribution in [3.8, 4) is 0 Å². The Morgan fingerprint density at radius 1 is 0.824 bits per heavy atom. The summed E-state index contributed by atoms with van der Waals surface area (Å²) in [6.07, 6.45) is 0. The van der Waals surface area contributed by atoms with Crippen LogP contribution in [0, 0.1) is 5.41 Å². The van der Waals surface area contributed by atoms with E-state index in [-0.39, 0.29) is 27.8 Å². The first-order valence-electron chi connectivity index (χ1n) is 11.7. The van der Waals surface area contributed by atoms with Crippen LogP contribution in [0.5, 0.6) is 0 Å². The van der Waals surface area contributed by atoms with Crippen molar-refractivity contribution < 1.29 is 9.59 Å². The van der Waals surface area contributed by atoms with Crippen LogP contribution in [0.3, 0.4) is 0 Å². The largest absolute Gasteiger partial charge is 0.368 e. The Hall–Kier alpha value is -2.93. The van der Waals surface area contributed by atoms with E-state index in [9.17, 15) is 9.59 Å². The summed E-state index contributed by atoms with van der Waals surface area (Å²) in [6, 6.07) is 15.5. The first-order chi connectivity index (χ1) is 15.8. The van der Waals surface area contributed by atoms with Gasteiger partial charge < -0.3 is 15.1 Å². The lowest BCUT2D eigenvalue weighted by Gasteiger charge is -2.38. The maximum Gasteiger partial charge on any atom is 0.257 e. The van der Waals surface area contributed by atoms with Gasteiger partial charge in [0.15, 0.2) is 5.11 Å². The van der Waals surface area contributed by atoms with Gasteiger partial charge in [-0.15, -0.1) is 0 Å². The standard InChI is InChI=1S/C27H36N4O2S/c1-26(2,3)20-9-7-19(8-10-20)23(32)29-25(34)28-21-11-13-22(14-12-21)30-15-17-31(18-16-30)24(33)27(4,5)6/h7-14H,15-18H2,1-6H3,(H2,28,29,32,34). The molecule has 6 nitrogen and oxygen atoms in total. The number of carbonyl (C=O) groups is 2. The van der Waals surface area contributed by atoms with Crippen LogP contribution in [-0.2, 0) is 10.2 Å². The minimum absolute atomic E-state index is 0.0372. The molecule has 7 heteroatoms. The number of rotatable bonds is 3. The number of hydrogen-bond donors (Lipinski definition) is 2. The molecule has 0 spiro atoms. The molecule has 1 heterocycles. The molecule has 2 aromatic carbocycles. The van der Waals surface area contributed by atoms with Crippen molar-refractivity contribution in [1.29, 1.82) is 0 Å². The second-order valence-corrected chi connectivity index (χ2v) is 11.2. The summed E-state index contributed by atoms with van der Waals surface area (Å²) in [5.41, 5.74) is 3.33. The van der Waals surface area contributed by atoms with Crippen molar-refractivity contribution in [2.75, 3.05) is 36.4 Å². The van der Waals surface area contributed by atoms with Crippen LogP contribution >= 0.6 is 12.2 Å². The highest BCUT2D eigenvalue weighted by molar-refractivity contribution is 7.80. The van der Waals surface area contributed by atoms with Gasteiger partial charge in [0.2, 0.25) is 5.91 Å². The smallest absolute Gasteiger partial charge is 0.257 e. The monoisotopic (exact) mass is 480 g/mol. The van der Waals surface area contributed by atoms with Gasteiger partial charge in [-0.3, -0.25) is 14.9 Å². The van der Waals surface area contributed by atoms with Crippen molar-refractivity contribution in [1.82, 2.24) is 10.2 Å². The summed E-state index contributed by atoms with van der Waals surface area (Å²) < 4.78 is 0. The Balaban J connectivity index is 1.51. The van der Waals surface area contributed by atoms with Gasteiger partial charge in [-0.2, -0.15) is 0 Å². The van der Waals surface area contributed by atoms with E-state index < -0.39 is 0 Å². The Kier molecular flexibility index (Phi) is 7.66. The van der Waals surface area contributed by atoms with E-state index in [2.05, 4.69) is 36.3 Å². The number of hydrogen-bond acceptors (Lipinski definition) is 4. The van der Waals surface area contributed by atoms with Crippen molar-refractivity contribution >= 4 is 40.5 Å². The number of thiocarbonyl (C=S) groups is 1. The molecule has 0 radical (unpaired) electrons. The minimum atomic E-state index is -0.348. The predicted molar refractivity (Wildman–Crippen MR) is 144 cm³/mol. The zero-order chi connectivity index (χ0) is 25.1. The first kappa shape index (κ1) is 25.7. The molecular formula is C27H36N4O2S. The van der Waals surface area contributed by atoms with E-state index >= 15 is 0 Å². The zero-order valence-electron chi connectivity index (χ0n) is 21.1. The highest BCUT2D eigenvalue weighted by Crippen LogP contribution is 2.23. The minimum Gasteiger partial charge on any atom is -0.368 e. The van der Waals surface area contributed by atoms with Gasteiger partial charge in [-0.05, 0) is 59.6 Å². The molecule has 3 rings (SSSR count). The molecule has 1 fully saturated rings. The fourth-order valence-corrected chi connectivity index (χ4v) is 4.07. The molecule has 0 aliphatic carbocycles. The van der Waals surface area contributed by atoms with E-state index in [0.717, 1.165) is 37.6 Å². The molecule has 2 aromatic rings. The summed E-state index contributed by atoms with van der Waals surface area (Å²) >= 11 is 5.33. The molecule has 182 valence electrons. The van der Waals surface area contributed by atoms with Crippen LogP contribution < -0.4 is 15.5 Å². The second-order valence-electron chi connectivity index (χ2n) is 10.8. The van der Waals surface area contributed by atoms with E-state index in [1.807, 2.05) is 74.2 Å². The summed E-state index contributed by atoms with van der Waals surface area (Å²) in [4.78, 5) is 29.2. The highest BCUT2D eigenvalue weighted by Gasteiger charge is 2.29. The quantitative estimate of drug-likeness (QED) is 0.618. The number of nitrogens with one attached hydrogen (secondary N) is 2. The molecule has 0 bridgehead atoms. The van der Waals surface area contributed by atoms with Crippen LogP contribution in [0.1, 0.15) is 57.5 Å². The lowest BCUT2D eigenvalue weighted by Crippen LogP contribution is -2.51. The second kappa shape index (κ2) is 10.1. The number of nitrogens with zero attached hydrogens (tertiary/aromatic N) is 2. The molecule has 2 amide bonds. The molecule has 1 aliphatic heterocycles. The van der Waals surface area contributed by atoms with Crippen LogP contribution in [0.15, 0.2) is 48.5 Å². The normalized spacial score (nSPS) is 14.5. The van der Waals surface area contributed by atoms with Crippen molar-refractivity contribution in [3.05, 3.63) is 59.7 Å². The molecule has 0 atom stereocenters. The van der Waals surface area contributed by atoms with Gasteiger partial charge in [-0.25, -0.2) is 0 Å². The lowest BCUT2D eigenvalue weighted by molar-refractivity contribution is -0.139. The fraction of sp³-hybridized carbons (Fsp3) is 0.444. The average molecular weight is 481 g/mol. The van der Waals surface area contributed by atoms with E-state index in [1.165, 1.54) is 5.56 Å². The lowest BCUT2D eigenvalue weighted by atomic mass is 9.87. The van der Waals surface area contributed by atoms with Gasteiger partial charge in [0, 0.05) is 48.5 Å². The molecule has 34 heavy (non-hydrogen) atoms. The molecular weight excluding hydrogens is 444 g/mol. The van der Waals surface area contributed by atoms with Crippen LogP contribution in [-0.4, -0.2) is 48.0 Å². The Labute approximate surface area is 208 Å². The van der Waals surface area contributed by atoms with Gasteiger partial charge in [0.1, 0.15) is 0 Å². The molecule has 0 saturated carbocycles. The number of carbonyl (C=O) groups excluding carboxylic acids is 2. The fourth-order valence-electron chi connectivity index (χ4n) is 3.86. The van der Waals surface area contributed by atoms with Gasteiger partial charge in [0.25, 0.3) is 5.91 Å². The van der Waals surface area contributed by atoms with E-state index in [1.54, 1.807) is 0 Å². The molecule has 1 aliphatic rings. The van der Waals surface area contributed by atoms with Crippen LogP contribution in [0.4, 0.5) is 11.4 Å². The van der Waals surface area contributed by atoms with Crippen molar-refractivity contribution in [2.45, 2.75) is 47.0 Å². The molecule has 0 unspecified atom stereocenters. The van der Waals surface area contributed by atoms with Crippen LogP contribution in [0.25, 0.3) is 0 Å². The Bertz CT molecular complexity index is 1030. The SMILES string of the molecule is CC(C)(C)C(=O)N1CCN(c2ccc(NC(=S)NC(=O)c3ccc(C(C)(C)C)cc3)cc2)CC1. The number of amides is 2. The summed E-state index contributed by atoms with van der Waals surface area (Å²) in [5, 5.41) is 6.07. The third kappa shape index (κ3) is 6.56. The number of anilines is 2. The highest BCUT2D eigenvalue weighted by atomic mass is 32.1. The maximum atomic E-state index is 12.5. The Morgan fingerprint density at radius 2 is 1.38 bits per heavy atom. The third-order valence-corrected chi connectivity index (χ3v) is 6.14. The van der Waals surface area contributed by atoms with Gasteiger partial charge in [0.05, 0.1) is 0 Å². The maximum absolute atomic E-state index is 12.5. The first-order valence-corrected chi connectivity index (χ1v) is 12.1. The average Bonchev–Trinajstić information content (AvgIpc) is 2.78. The molecule has 1 saturated heterocycles. The Morgan fingerprint density at radius 3 is 1.88 bits per heavy atom. The molecule has 2 N–H and O–H groups in total. The van der Waals surface area contributed by atoms with Crippen molar-refractivity contribution in [2.24, 2.45) is 5.41 Å². The predicted octanol–water partition coefficient (Wildman–Crippen LogP) is 4.81. The summed E-state index contributed by atoms with van der Waals surface area (Å²) in [7, 11) is 0. The zero-order valence-corrected chi connectivity index (χ0v) is 21.9. The number of piperazine rings is 1. The summed E-state index contributed by atoms with van der Waals surface area (Å²) in [5.74, 6) is -0.0374. The van der Waals surface area contributed by atoms with Gasteiger partial charge >= 0.3 is 0 Å². The van der Waals surface area contributed by atoms with Crippen LogP contribution in [0.2, 0.25) is 0 Å². The van der Waals surface area contributed by atoms with E-state index in [0.29, 0.717) is 5.56 Å². The van der Waals surface area contributed by atoms with Crippen molar-refractivity contribution in [3.63, 3.8) is 0 Å². The number of benzene rings is 2. The van der Waals surface area contributed by atoms with E-state index in [4.69, 9.17) is 12.2 Å². The topological polar surface area (TPSA) is 64.7 Å². The molecule has 0 aromatic heterocycles.